The van der Waals surface area contributed by atoms with Gasteiger partial charge in [-0.15, -0.1) is 0 Å². The zero-order valence-corrected chi connectivity index (χ0v) is 11.8. The standard InChI is InChI=1S/C13H9BrFNO4/c1-6(17)16-12-9(13(18)19)4-8(10(14)11(12)15)7-2-3-20-5-7/h2-5H,1H3,(H,16,17)(H,18,19). The molecule has 0 aliphatic rings. The summed E-state index contributed by atoms with van der Waals surface area (Å²) in [5.41, 5.74) is 0.136. The first-order valence-corrected chi connectivity index (χ1v) is 6.26. The highest BCUT2D eigenvalue weighted by atomic mass is 79.9. The van der Waals surface area contributed by atoms with Crippen LogP contribution < -0.4 is 5.32 Å². The quantitative estimate of drug-likeness (QED) is 0.895. The zero-order valence-electron chi connectivity index (χ0n) is 10.2. The minimum Gasteiger partial charge on any atom is -0.478 e. The Morgan fingerprint density at radius 2 is 2.15 bits per heavy atom. The van der Waals surface area contributed by atoms with Crippen LogP contribution in [0.1, 0.15) is 17.3 Å². The van der Waals surface area contributed by atoms with E-state index in [0.717, 1.165) is 0 Å². The van der Waals surface area contributed by atoms with E-state index in [1.165, 1.54) is 25.5 Å². The third-order valence-corrected chi connectivity index (χ3v) is 3.35. The van der Waals surface area contributed by atoms with E-state index in [-0.39, 0.29) is 15.7 Å². The SMILES string of the molecule is CC(=O)Nc1c(C(=O)O)cc(-c2ccoc2)c(Br)c1F. The third kappa shape index (κ3) is 2.57. The number of hydrogen-bond acceptors (Lipinski definition) is 3. The number of benzene rings is 1. The fourth-order valence-corrected chi connectivity index (χ4v) is 2.26. The molecule has 1 aromatic heterocycles. The van der Waals surface area contributed by atoms with E-state index in [1.807, 2.05) is 0 Å². The lowest BCUT2D eigenvalue weighted by molar-refractivity contribution is -0.114. The molecular weight excluding hydrogens is 333 g/mol. The Labute approximate surface area is 121 Å². The van der Waals surface area contributed by atoms with Gasteiger partial charge in [0.1, 0.15) is 0 Å². The van der Waals surface area contributed by atoms with Crippen molar-refractivity contribution in [1.82, 2.24) is 0 Å². The fourth-order valence-electron chi connectivity index (χ4n) is 1.72. The van der Waals surface area contributed by atoms with Crippen molar-refractivity contribution in [2.45, 2.75) is 6.92 Å². The third-order valence-electron chi connectivity index (χ3n) is 2.57. The second kappa shape index (κ2) is 5.46. The monoisotopic (exact) mass is 341 g/mol. The van der Waals surface area contributed by atoms with Crippen molar-refractivity contribution in [2.75, 3.05) is 5.32 Å². The second-order valence-corrected chi connectivity index (χ2v) is 4.77. The minimum atomic E-state index is -1.34. The molecule has 0 aliphatic heterocycles. The molecular formula is C13H9BrFNO4. The zero-order chi connectivity index (χ0) is 14.9. The Bertz CT molecular complexity index is 682. The van der Waals surface area contributed by atoms with Crippen LogP contribution in [0.15, 0.2) is 33.5 Å². The van der Waals surface area contributed by atoms with Crippen molar-refractivity contribution in [3.63, 3.8) is 0 Å². The predicted octanol–water partition coefficient (Wildman–Crippen LogP) is 3.50. The number of rotatable bonds is 3. The van der Waals surface area contributed by atoms with Crippen LogP contribution >= 0.6 is 15.9 Å². The lowest BCUT2D eigenvalue weighted by Gasteiger charge is -2.12. The molecule has 0 saturated carbocycles. The van der Waals surface area contributed by atoms with Crippen LogP contribution in [0.2, 0.25) is 0 Å². The van der Waals surface area contributed by atoms with Crippen molar-refractivity contribution in [3.05, 3.63) is 40.5 Å². The summed E-state index contributed by atoms with van der Waals surface area (Å²) in [5.74, 6) is -2.75. The number of halogens is 2. The average molecular weight is 342 g/mol. The van der Waals surface area contributed by atoms with Gasteiger partial charge in [0.2, 0.25) is 5.91 Å². The number of carbonyl (C=O) groups excluding carboxylic acids is 1. The van der Waals surface area contributed by atoms with Crippen molar-refractivity contribution >= 4 is 33.5 Å². The molecule has 7 heteroatoms. The molecule has 0 aliphatic carbocycles. The Kier molecular flexibility index (Phi) is 3.89. The molecule has 20 heavy (non-hydrogen) atoms. The molecule has 5 nitrogen and oxygen atoms in total. The van der Waals surface area contributed by atoms with E-state index in [4.69, 9.17) is 9.52 Å². The van der Waals surface area contributed by atoms with Gasteiger partial charge in [0.15, 0.2) is 5.82 Å². The summed E-state index contributed by atoms with van der Waals surface area (Å²) in [6, 6.07) is 2.84. The van der Waals surface area contributed by atoms with Crippen LogP contribution in [0.3, 0.4) is 0 Å². The number of furan rings is 1. The van der Waals surface area contributed by atoms with Gasteiger partial charge in [-0.25, -0.2) is 9.18 Å². The van der Waals surface area contributed by atoms with E-state index in [0.29, 0.717) is 11.1 Å². The van der Waals surface area contributed by atoms with E-state index in [9.17, 15) is 14.0 Å². The summed E-state index contributed by atoms with van der Waals surface area (Å²) in [7, 11) is 0. The van der Waals surface area contributed by atoms with Gasteiger partial charge in [0.25, 0.3) is 0 Å². The van der Waals surface area contributed by atoms with Crippen LogP contribution in [-0.2, 0) is 4.79 Å². The van der Waals surface area contributed by atoms with Crippen LogP contribution in [0, 0.1) is 5.82 Å². The molecule has 0 unspecified atom stereocenters. The molecule has 0 bridgehead atoms. The molecule has 0 radical (unpaired) electrons. The molecule has 2 N–H and O–H groups in total. The van der Waals surface area contributed by atoms with Gasteiger partial charge in [-0.2, -0.15) is 0 Å². The maximum absolute atomic E-state index is 14.3. The maximum atomic E-state index is 14.3. The topological polar surface area (TPSA) is 79.5 Å². The molecule has 2 aromatic rings. The number of anilines is 1. The van der Waals surface area contributed by atoms with Crippen LogP contribution in [0.4, 0.5) is 10.1 Å². The fraction of sp³-hybridized carbons (Fsp3) is 0.0769. The number of nitrogens with one attached hydrogen (secondary N) is 1. The molecule has 104 valence electrons. The minimum absolute atomic E-state index is 0.0488. The molecule has 2 rings (SSSR count). The summed E-state index contributed by atoms with van der Waals surface area (Å²) in [6.45, 7) is 1.17. The highest BCUT2D eigenvalue weighted by molar-refractivity contribution is 9.10. The number of aromatic carboxylic acids is 1. The summed E-state index contributed by atoms with van der Waals surface area (Å²) in [4.78, 5) is 22.3. The highest BCUT2D eigenvalue weighted by Gasteiger charge is 2.22. The molecule has 1 amide bonds. The second-order valence-electron chi connectivity index (χ2n) is 3.97. The highest BCUT2D eigenvalue weighted by Crippen LogP contribution is 2.37. The Morgan fingerprint density at radius 3 is 2.65 bits per heavy atom. The summed E-state index contributed by atoms with van der Waals surface area (Å²) >= 11 is 3.06. The van der Waals surface area contributed by atoms with Crippen LogP contribution in [-0.4, -0.2) is 17.0 Å². The van der Waals surface area contributed by atoms with Gasteiger partial charge in [-0.1, -0.05) is 0 Å². The van der Waals surface area contributed by atoms with Crippen LogP contribution in [0.5, 0.6) is 0 Å². The summed E-state index contributed by atoms with van der Waals surface area (Å²) in [5, 5.41) is 11.3. The molecule has 0 spiro atoms. The van der Waals surface area contributed by atoms with Crippen molar-refractivity contribution in [2.24, 2.45) is 0 Å². The van der Waals surface area contributed by atoms with E-state index in [1.54, 1.807) is 6.07 Å². The van der Waals surface area contributed by atoms with Crippen molar-refractivity contribution in [1.29, 1.82) is 0 Å². The first kappa shape index (κ1) is 14.3. The van der Waals surface area contributed by atoms with Gasteiger partial charge in [-0.3, -0.25) is 4.79 Å². The molecule has 1 heterocycles. The smallest absolute Gasteiger partial charge is 0.337 e. The molecule has 0 saturated heterocycles. The predicted molar refractivity (Wildman–Crippen MR) is 73.1 cm³/mol. The maximum Gasteiger partial charge on any atom is 0.337 e. The average Bonchev–Trinajstić information content (AvgIpc) is 2.88. The van der Waals surface area contributed by atoms with E-state index < -0.39 is 17.7 Å². The van der Waals surface area contributed by atoms with Crippen molar-refractivity contribution < 1.29 is 23.5 Å². The van der Waals surface area contributed by atoms with Gasteiger partial charge < -0.3 is 14.8 Å². The Balaban J connectivity index is 2.70. The first-order valence-electron chi connectivity index (χ1n) is 5.47. The number of amides is 1. The van der Waals surface area contributed by atoms with E-state index in [2.05, 4.69) is 21.2 Å². The summed E-state index contributed by atoms with van der Waals surface area (Å²) in [6.07, 6.45) is 2.76. The number of carboxylic acids is 1. The van der Waals surface area contributed by atoms with Gasteiger partial charge >= 0.3 is 5.97 Å². The van der Waals surface area contributed by atoms with Gasteiger partial charge in [0.05, 0.1) is 28.2 Å². The number of carbonyl (C=O) groups is 2. The lowest BCUT2D eigenvalue weighted by atomic mass is 10.0. The Hall–Kier alpha value is -2.15. The van der Waals surface area contributed by atoms with Crippen LogP contribution in [0.25, 0.3) is 11.1 Å². The molecule has 0 atom stereocenters. The largest absolute Gasteiger partial charge is 0.478 e. The number of hydrogen-bond donors (Lipinski definition) is 2. The summed E-state index contributed by atoms with van der Waals surface area (Å²) < 4.78 is 19.2. The Morgan fingerprint density at radius 1 is 1.45 bits per heavy atom. The van der Waals surface area contributed by atoms with Gasteiger partial charge in [0, 0.05) is 18.1 Å². The number of carboxylic acid groups (broad SMARTS) is 1. The molecule has 0 fully saturated rings. The molecule has 1 aromatic carbocycles. The first-order chi connectivity index (χ1) is 9.41. The van der Waals surface area contributed by atoms with E-state index >= 15 is 0 Å². The van der Waals surface area contributed by atoms with Gasteiger partial charge in [-0.05, 0) is 28.1 Å². The lowest BCUT2D eigenvalue weighted by Crippen LogP contribution is -2.13. The normalized spacial score (nSPS) is 10.3. The van der Waals surface area contributed by atoms with Crippen molar-refractivity contribution in [3.8, 4) is 11.1 Å².